The van der Waals surface area contributed by atoms with Crippen LogP contribution in [0.25, 0.3) is 11.0 Å². The van der Waals surface area contributed by atoms with E-state index in [1.54, 1.807) is 0 Å². The molecule has 2 aliphatic rings. The van der Waals surface area contributed by atoms with Crippen molar-refractivity contribution in [3.63, 3.8) is 0 Å². The number of anilines is 2. The first-order valence-electron chi connectivity index (χ1n) is 10.5. The number of benzene rings is 2. The van der Waals surface area contributed by atoms with Crippen LogP contribution in [0, 0.1) is 0 Å². The molecule has 146 valence electrons. The van der Waals surface area contributed by atoms with Crippen LogP contribution < -0.4 is 10.2 Å². The third-order valence-corrected chi connectivity index (χ3v) is 6.29. The lowest BCUT2D eigenvalue weighted by Crippen LogP contribution is -2.47. The summed E-state index contributed by atoms with van der Waals surface area (Å²) in [4.78, 5) is 4.93. The molecule has 5 rings (SSSR count). The number of hydrogen-bond acceptors (Lipinski definition) is 5. The van der Waals surface area contributed by atoms with E-state index in [-0.39, 0.29) is 0 Å². The van der Waals surface area contributed by atoms with Crippen molar-refractivity contribution in [2.24, 2.45) is 0 Å². The van der Waals surface area contributed by atoms with Crippen molar-refractivity contribution in [3.05, 3.63) is 53.6 Å². The predicted molar refractivity (Wildman–Crippen MR) is 114 cm³/mol. The zero-order chi connectivity index (χ0) is 18.9. The minimum absolute atomic E-state index is 0.664. The summed E-state index contributed by atoms with van der Waals surface area (Å²) in [5.41, 5.74) is 5.15. The fraction of sp³-hybridized carbons (Fsp3) is 0.435. The van der Waals surface area contributed by atoms with Crippen molar-refractivity contribution >= 4 is 22.5 Å². The standard InChI is InChI=1S/C23H28N4O/c1-17-8-10-24-21-7-6-18(16-20(17)21)9-11-26-12-14-27(15-13-26)23-19-4-2-3-5-22(19)28-25-23/h2-7,16-17,24H,8-15H2,1H3/t17-/m1/s1. The third-order valence-electron chi connectivity index (χ3n) is 6.29. The topological polar surface area (TPSA) is 44.5 Å². The number of nitrogens with zero attached hydrogens (tertiary/aromatic N) is 3. The van der Waals surface area contributed by atoms with Crippen molar-refractivity contribution in [1.82, 2.24) is 10.1 Å². The summed E-state index contributed by atoms with van der Waals surface area (Å²) in [7, 11) is 0. The summed E-state index contributed by atoms with van der Waals surface area (Å²) in [6, 6.07) is 15.1. The molecule has 0 aliphatic carbocycles. The Morgan fingerprint density at radius 2 is 1.96 bits per heavy atom. The van der Waals surface area contributed by atoms with Gasteiger partial charge in [-0.25, -0.2) is 0 Å². The van der Waals surface area contributed by atoms with Crippen LogP contribution in [-0.4, -0.2) is 49.3 Å². The second kappa shape index (κ2) is 7.47. The highest BCUT2D eigenvalue weighted by molar-refractivity contribution is 5.88. The van der Waals surface area contributed by atoms with Crippen LogP contribution in [0.5, 0.6) is 0 Å². The molecule has 0 spiro atoms. The normalized spacial score (nSPS) is 20.2. The van der Waals surface area contributed by atoms with Crippen LogP contribution in [0.1, 0.15) is 30.4 Å². The summed E-state index contributed by atoms with van der Waals surface area (Å²) >= 11 is 0. The zero-order valence-electron chi connectivity index (χ0n) is 16.5. The quantitative estimate of drug-likeness (QED) is 0.742. The number of fused-ring (bicyclic) bond motifs is 2. The van der Waals surface area contributed by atoms with Gasteiger partial charge in [0.25, 0.3) is 0 Å². The molecule has 0 saturated carbocycles. The van der Waals surface area contributed by atoms with Crippen molar-refractivity contribution < 1.29 is 4.52 Å². The first-order chi connectivity index (χ1) is 13.8. The van der Waals surface area contributed by atoms with Gasteiger partial charge < -0.3 is 14.7 Å². The number of para-hydroxylation sites is 1. The highest BCUT2D eigenvalue weighted by atomic mass is 16.5. The lowest BCUT2D eigenvalue weighted by atomic mass is 9.91. The minimum Gasteiger partial charge on any atom is -0.385 e. The SMILES string of the molecule is C[C@@H]1CCNc2ccc(CCN3CCN(c4noc5ccccc45)CC3)cc21. The monoisotopic (exact) mass is 376 g/mol. The lowest BCUT2D eigenvalue weighted by Gasteiger charge is -2.34. The average Bonchev–Trinajstić information content (AvgIpc) is 3.17. The number of piperazine rings is 1. The molecule has 0 bridgehead atoms. The van der Waals surface area contributed by atoms with E-state index in [0.717, 1.165) is 62.5 Å². The van der Waals surface area contributed by atoms with E-state index in [1.165, 1.54) is 23.2 Å². The van der Waals surface area contributed by atoms with Crippen LogP contribution in [0.4, 0.5) is 11.5 Å². The molecule has 3 heterocycles. The van der Waals surface area contributed by atoms with Crippen LogP contribution in [0.2, 0.25) is 0 Å². The molecule has 1 fully saturated rings. The Labute approximate surface area is 166 Å². The van der Waals surface area contributed by atoms with Crippen molar-refractivity contribution in [2.75, 3.05) is 49.5 Å². The van der Waals surface area contributed by atoms with E-state index in [2.05, 4.69) is 51.5 Å². The van der Waals surface area contributed by atoms with Crippen LogP contribution in [0.3, 0.4) is 0 Å². The molecule has 0 unspecified atom stereocenters. The Morgan fingerprint density at radius 1 is 1.11 bits per heavy atom. The molecule has 5 nitrogen and oxygen atoms in total. The number of nitrogens with one attached hydrogen (secondary N) is 1. The smallest absolute Gasteiger partial charge is 0.180 e. The first kappa shape index (κ1) is 17.6. The highest BCUT2D eigenvalue weighted by Gasteiger charge is 2.22. The number of hydrogen-bond donors (Lipinski definition) is 1. The van der Waals surface area contributed by atoms with Crippen molar-refractivity contribution in [1.29, 1.82) is 0 Å². The molecule has 2 aliphatic heterocycles. The molecule has 28 heavy (non-hydrogen) atoms. The molecule has 0 amide bonds. The molecule has 1 atom stereocenters. The Morgan fingerprint density at radius 3 is 2.86 bits per heavy atom. The fourth-order valence-corrected chi connectivity index (χ4v) is 4.49. The third kappa shape index (κ3) is 3.35. The van der Waals surface area contributed by atoms with E-state index in [4.69, 9.17) is 4.52 Å². The predicted octanol–water partition coefficient (Wildman–Crippen LogP) is 4.11. The average molecular weight is 377 g/mol. The molecule has 1 N–H and O–H groups in total. The maximum absolute atomic E-state index is 5.48. The Balaban J connectivity index is 1.18. The van der Waals surface area contributed by atoms with Gasteiger partial charge in [0.1, 0.15) is 0 Å². The van der Waals surface area contributed by atoms with Crippen molar-refractivity contribution in [3.8, 4) is 0 Å². The van der Waals surface area contributed by atoms with Gasteiger partial charge in [-0.05, 0) is 48.1 Å². The largest absolute Gasteiger partial charge is 0.385 e. The van der Waals surface area contributed by atoms with Crippen LogP contribution in [0.15, 0.2) is 47.0 Å². The van der Waals surface area contributed by atoms with Gasteiger partial charge in [0.2, 0.25) is 0 Å². The summed E-state index contributed by atoms with van der Waals surface area (Å²) in [5.74, 6) is 1.66. The van der Waals surface area contributed by atoms with Gasteiger partial charge in [-0.3, -0.25) is 4.90 Å². The summed E-state index contributed by atoms with van der Waals surface area (Å²) in [5, 5.41) is 8.96. The van der Waals surface area contributed by atoms with Gasteiger partial charge >= 0.3 is 0 Å². The van der Waals surface area contributed by atoms with Crippen LogP contribution >= 0.6 is 0 Å². The Kier molecular flexibility index (Phi) is 4.69. The molecular formula is C23H28N4O. The summed E-state index contributed by atoms with van der Waals surface area (Å²) in [6.45, 7) is 8.71. The fourth-order valence-electron chi connectivity index (χ4n) is 4.49. The van der Waals surface area contributed by atoms with E-state index >= 15 is 0 Å². The van der Waals surface area contributed by atoms with Gasteiger partial charge in [-0.2, -0.15) is 0 Å². The number of rotatable bonds is 4. The molecule has 5 heteroatoms. The van der Waals surface area contributed by atoms with E-state index in [0.29, 0.717) is 5.92 Å². The Hall–Kier alpha value is -2.53. The van der Waals surface area contributed by atoms with Gasteiger partial charge in [0.05, 0.1) is 5.39 Å². The molecule has 1 saturated heterocycles. The van der Waals surface area contributed by atoms with Gasteiger partial charge in [0.15, 0.2) is 11.4 Å². The highest BCUT2D eigenvalue weighted by Crippen LogP contribution is 2.32. The van der Waals surface area contributed by atoms with E-state index < -0.39 is 0 Å². The minimum atomic E-state index is 0.664. The second-order valence-electron chi connectivity index (χ2n) is 8.12. The van der Waals surface area contributed by atoms with Gasteiger partial charge in [-0.15, -0.1) is 0 Å². The summed E-state index contributed by atoms with van der Waals surface area (Å²) < 4.78 is 5.48. The Bertz CT molecular complexity index is 958. The first-order valence-corrected chi connectivity index (χ1v) is 10.5. The number of aromatic nitrogens is 1. The maximum Gasteiger partial charge on any atom is 0.180 e. The lowest BCUT2D eigenvalue weighted by molar-refractivity contribution is 0.259. The van der Waals surface area contributed by atoms with Gasteiger partial charge in [0, 0.05) is 45.0 Å². The molecular weight excluding hydrogens is 348 g/mol. The van der Waals surface area contributed by atoms with E-state index in [1.807, 2.05) is 18.2 Å². The zero-order valence-corrected chi connectivity index (χ0v) is 16.5. The van der Waals surface area contributed by atoms with E-state index in [9.17, 15) is 0 Å². The van der Waals surface area contributed by atoms with Gasteiger partial charge in [-0.1, -0.05) is 36.3 Å². The molecule has 0 radical (unpaired) electrons. The molecule has 3 aromatic rings. The second-order valence-corrected chi connectivity index (χ2v) is 8.12. The van der Waals surface area contributed by atoms with Crippen molar-refractivity contribution in [2.45, 2.75) is 25.7 Å². The van der Waals surface area contributed by atoms with Crippen LogP contribution in [-0.2, 0) is 6.42 Å². The summed E-state index contributed by atoms with van der Waals surface area (Å²) in [6.07, 6.45) is 2.35. The molecule has 2 aromatic carbocycles. The maximum atomic E-state index is 5.48. The molecule has 1 aromatic heterocycles.